The first-order chi connectivity index (χ1) is 13.9. The summed E-state index contributed by atoms with van der Waals surface area (Å²) in [5.41, 5.74) is 1.06. The molecule has 4 rings (SSSR count). The van der Waals surface area contributed by atoms with Gasteiger partial charge in [-0.15, -0.1) is 0 Å². The highest BCUT2D eigenvalue weighted by Crippen LogP contribution is 2.38. The molecule has 0 amide bonds. The Morgan fingerprint density at radius 2 is 1.79 bits per heavy atom. The Bertz CT molecular complexity index is 1140. The van der Waals surface area contributed by atoms with E-state index in [1.807, 2.05) is 0 Å². The van der Waals surface area contributed by atoms with Crippen LogP contribution in [0.15, 0.2) is 58.5 Å². The fourth-order valence-corrected chi connectivity index (χ4v) is 5.20. The SMILES string of the molecule is COc1ccc(S(=O)(=O)c2cnc3cc(F)ccc3c2N2CCC(C)CC2)cc1. The van der Waals surface area contributed by atoms with Crippen LogP contribution in [0.3, 0.4) is 0 Å². The number of hydrogen-bond donors (Lipinski definition) is 0. The molecule has 152 valence electrons. The number of anilines is 1. The summed E-state index contributed by atoms with van der Waals surface area (Å²) in [5.74, 6) is 0.786. The van der Waals surface area contributed by atoms with Crippen LogP contribution in [0.5, 0.6) is 5.75 Å². The Hall–Kier alpha value is -2.67. The highest BCUT2D eigenvalue weighted by Gasteiger charge is 2.28. The fraction of sp³-hybridized carbons (Fsp3) is 0.318. The van der Waals surface area contributed by atoms with Crippen molar-refractivity contribution in [2.75, 3.05) is 25.1 Å². The molecule has 29 heavy (non-hydrogen) atoms. The molecule has 2 aromatic carbocycles. The summed E-state index contributed by atoms with van der Waals surface area (Å²) >= 11 is 0. The van der Waals surface area contributed by atoms with Crippen LogP contribution in [0.1, 0.15) is 19.8 Å². The predicted octanol–water partition coefficient (Wildman–Crippen LogP) is 4.45. The zero-order chi connectivity index (χ0) is 20.6. The van der Waals surface area contributed by atoms with Crippen LogP contribution in [0.25, 0.3) is 10.9 Å². The van der Waals surface area contributed by atoms with Crippen LogP contribution in [-0.4, -0.2) is 33.6 Å². The Morgan fingerprint density at radius 3 is 2.45 bits per heavy atom. The molecule has 0 saturated carbocycles. The standard InChI is InChI=1S/C22H23FN2O3S/c1-15-9-11-25(12-10-15)22-19-8-3-16(23)13-20(19)24-14-21(22)29(26,27)18-6-4-17(28-2)5-7-18/h3-8,13-15H,9-12H2,1-2H3. The van der Waals surface area contributed by atoms with Crippen molar-refractivity contribution in [3.05, 3.63) is 54.5 Å². The van der Waals surface area contributed by atoms with Gasteiger partial charge in [-0.05, 0) is 55.2 Å². The van der Waals surface area contributed by atoms with Gasteiger partial charge in [0.25, 0.3) is 0 Å². The topological polar surface area (TPSA) is 59.5 Å². The van der Waals surface area contributed by atoms with Gasteiger partial charge in [-0.3, -0.25) is 4.98 Å². The summed E-state index contributed by atoms with van der Waals surface area (Å²) in [6, 6.07) is 10.6. The number of benzene rings is 2. The van der Waals surface area contributed by atoms with Crippen molar-refractivity contribution in [3.63, 3.8) is 0 Å². The number of ether oxygens (including phenoxy) is 1. The summed E-state index contributed by atoms with van der Waals surface area (Å²) in [6.45, 7) is 3.71. The molecule has 0 atom stereocenters. The molecule has 5 nitrogen and oxygen atoms in total. The van der Waals surface area contributed by atoms with Gasteiger partial charge >= 0.3 is 0 Å². The summed E-state index contributed by atoms with van der Waals surface area (Å²) in [5, 5.41) is 0.649. The van der Waals surface area contributed by atoms with Crippen molar-refractivity contribution in [2.24, 2.45) is 5.92 Å². The van der Waals surface area contributed by atoms with Crippen molar-refractivity contribution >= 4 is 26.4 Å². The van der Waals surface area contributed by atoms with Gasteiger partial charge in [-0.25, -0.2) is 12.8 Å². The van der Waals surface area contributed by atoms with Crippen molar-refractivity contribution in [1.29, 1.82) is 0 Å². The van der Waals surface area contributed by atoms with Crippen LogP contribution < -0.4 is 9.64 Å². The highest BCUT2D eigenvalue weighted by atomic mass is 32.2. The normalized spacial score (nSPS) is 15.6. The number of methoxy groups -OCH3 is 1. The average molecular weight is 415 g/mol. The molecule has 1 aliphatic heterocycles. The lowest BCUT2D eigenvalue weighted by molar-refractivity contribution is 0.414. The Morgan fingerprint density at radius 1 is 1.10 bits per heavy atom. The van der Waals surface area contributed by atoms with E-state index < -0.39 is 15.7 Å². The molecule has 0 radical (unpaired) electrons. The molecule has 3 aromatic rings. The fourth-order valence-electron chi connectivity index (χ4n) is 3.77. The molecule has 1 aromatic heterocycles. The number of aromatic nitrogens is 1. The minimum absolute atomic E-state index is 0.149. The van der Waals surface area contributed by atoms with E-state index in [0.717, 1.165) is 25.9 Å². The van der Waals surface area contributed by atoms with Crippen molar-refractivity contribution in [3.8, 4) is 5.75 Å². The van der Waals surface area contributed by atoms with E-state index in [1.54, 1.807) is 18.2 Å². The number of hydrogen-bond acceptors (Lipinski definition) is 5. The zero-order valence-electron chi connectivity index (χ0n) is 16.4. The lowest BCUT2D eigenvalue weighted by Crippen LogP contribution is -2.34. The van der Waals surface area contributed by atoms with E-state index in [0.29, 0.717) is 28.3 Å². The maximum Gasteiger partial charge on any atom is 0.210 e. The molecule has 0 bridgehead atoms. The second-order valence-electron chi connectivity index (χ2n) is 7.48. The highest BCUT2D eigenvalue weighted by molar-refractivity contribution is 7.91. The van der Waals surface area contributed by atoms with Gasteiger partial charge in [0, 0.05) is 30.7 Å². The van der Waals surface area contributed by atoms with E-state index in [9.17, 15) is 12.8 Å². The number of halogens is 1. The van der Waals surface area contributed by atoms with Crippen molar-refractivity contribution in [1.82, 2.24) is 4.98 Å². The molecule has 1 aliphatic rings. The number of sulfone groups is 1. The lowest BCUT2D eigenvalue weighted by Gasteiger charge is -2.34. The van der Waals surface area contributed by atoms with Crippen molar-refractivity contribution in [2.45, 2.75) is 29.6 Å². The summed E-state index contributed by atoms with van der Waals surface area (Å²) in [4.78, 5) is 6.69. The Labute approximate surface area is 170 Å². The molecule has 7 heteroatoms. The summed E-state index contributed by atoms with van der Waals surface area (Å²) in [6.07, 6.45) is 3.31. The number of rotatable bonds is 4. The number of nitrogens with zero attached hydrogens (tertiary/aromatic N) is 2. The second-order valence-corrected chi connectivity index (χ2v) is 9.40. The third-order valence-electron chi connectivity index (χ3n) is 5.53. The Balaban J connectivity index is 1.90. The molecular formula is C22H23FN2O3S. The molecule has 0 N–H and O–H groups in total. The third kappa shape index (κ3) is 3.67. The van der Waals surface area contributed by atoms with Gasteiger partial charge in [0.05, 0.1) is 23.2 Å². The minimum atomic E-state index is -3.81. The second kappa shape index (κ2) is 7.63. The molecule has 1 fully saturated rings. The number of pyridine rings is 1. The molecular weight excluding hydrogens is 391 g/mol. The lowest BCUT2D eigenvalue weighted by atomic mass is 9.98. The third-order valence-corrected chi connectivity index (χ3v) is 7.30. The van der Waals surface area contributed by atoms with Crippen LogP contribution in [-0.2, 0) is 9.84 Å². The van der Waals surface area contributed by atoms with E-state index in [2.05, 4.69) is 16.8 Å². The van der Waals surface area contributed by atoms with Gasteiger partial charge in [-0.2, -0.15) is 0 Å². The average Bonchev–Trinajstić information content (AvgIpc) is 2.73. The van der Waals surface area contributed by atoms with Gasteiger partial charge in [-0.1, -0.05) is 6.92 Å². The zero-order valence-corrected chi connectivity index (χ0v) is 17.2. The predicted molar refractivity (Wildman–Crippen MR) is 111 cm³/mol. The number of fused-ring (bicyclic) bond motifs is 1. The van der Waals surface area contributed by atoms with E-state index in [1.165, 1.54) is 37.6 Å². The minimum Gasteiger partial charge on any atom is -0.497 e. The molecule has 1 saturated heterocycles. The first-order valence-electron chi connectivity index (χ1n) is 9.62. The summed E-state index contributed by atoms with van der Waals surface area (Å²) < 4.78 is 45.9. The smallest absolute Gasteiger partial charge is 0.210 e. The maximum absolute atomic E-state index is 13.7. The maximum atomic E-state index is 13.7. The van der Waals surface area contributed by atoms with E-state index in [4.69, 9.17) is 4.74 Å². The van der Waals surface area contributed by atoms with Crippen LogP contribution in [0.4, 0.5) is 10.1 Å². The van der Waals surface area contributed by atoms with Gasteiger partial charge in [0.2, 0.25) is 9.84 Å². The number of piperidine rings is 1. The Kier molecular flexibility index (Phi) is 5.17. The van der Waals surface area contributed by atoms with Crippen LogP contribution >= 0.6 is 0 Å². The van der Waals surface area contributed by atoms with Gasteiger partial charge in [0.15, 0.2) is 0 Å². The van der Waals surface area contributed by atoms with Gasteiger partial charge < -0.3 is 9.64 Å². The monoisotopic (exact) mass is 414 g/mol. The van der Waals surface area contributed by atoms with E-state index >= 15 is 0 Å². The molecule has 0 spiro atoms. The van der Waals surface area contributed by atoms with E-state index in [-0.39, 0.29) is 9.79 Å². The molecule has 2 heterocycles. The first kappa shape index (κ1) is 19.6. The quantitative estimate of drug-likeness (QED) is 0.631. The summed E-state index contributed by atoms with van der Waals surface area (Å²) in [7, 11) is -2.28. The van der Waals surface area contributed by atoms with Crippen molar-refractivity contribution < 1.29 is 17.5 Å². The van der Waals surface area contributed by atoms with Gasteiger partial charge in [0.1, 0.15) is 16.5 Å². The molecule has 0 aliphatic carbocycles. The molecule has 0 unspecified atom stereocenters. The van der Waals surface area contributed by atoms with Crippen LogP contribution in [0, 0.1) is 11.7 Å². The largest absolute Gasteiger partial charge is 0.497 e. The first-order valence-corrected chi connectivity index (χ1v) is 11.1. The van der Waals surface area contributed by atoms with Crippen LogP contribution in [0.2, 0.25) is 0 Å².